The van der Waals surface area contributed by atoms with Crippen LogP contribution in [-0.4, -0.2) is 9.97 Å². The number of benzene rings is 1. The third-order valence-corrected chi connectivity index (χ3v) is 3.17. The number of hydrogen-bond acceptors (Lipinski definition) is 5. The smallest absolute Gasteiger partial charge is 0.222 e. The summed E-state index contributed by atoms with van der Waals surface area (Å²) < 4.78 is 0. The highest BCUT2D eigenvalue weighted by atomic mass is 35.5. The topological polar surface area (TPSA) is 73.6 Å². The summed E-state index contributed by atoms with van der Waals surface area (Å²) in [5, 5.41) is 15.9. The van der Waals surface area contributed by atoms with Gasteiger partial charge < -0.3 is 10.6 Å². The van der Waals surface area contributed by atoms with Crippen LogP contribution in [0.4, 0.5) is 11.4 Å². The van der Waals surface area contributed by atoms with Crippen LogP contribution in [-0.2, 0) is 0 Å². The van der Waals surface area contributed by atoms with Gasteiger partial charge in [-0.2, -0.15) is 5.26 Å². The fourth-order valence-electron chi connectivity index (χ4n) is 2.03. The normalized spacial score (nSPS) is 12.2. The van der Waals surface area contributed by atoms with Crippen molar-refractivity contribution in [3.63, 3.8) is 0 Å². The molecule has 2 N–H and O–H groups in total. The number of allylic oxidation sites excluding steroid dienone is 1. The lowest BCUT2D eigenvalue weighted by Crippen LogP contribution is -2.06. The van der Waals surface area contributed by atoms with Gasteiger partial charge in [-0.1, -0.05) is 12.1 Å². The number of para-hydroxylation sites is 2. The van der Waals surface area contributed by atoms with E-state index in [1.54, 1.807) is 6.20 Å². The molecule has 0 aliphatic carbocycles. The molecule has 3 rings (SSSR count). The van der Waals surface area contributed by atoms with Crippen molar-refractivity contribution in [1.29, 1.82) is 5.26 Å². The van der Waals surface area contributed by atoms with Gasteiger partial charge in [0, 0.05) is 6.20 Å². The largest absolute Gasteiger partial charge is 0.339 e. The van der Waals surface area contributed by atoms with E-state index in [-0.39, 0.29) is 5.28 Å². The zero-order valence-corrected chi connectivity index (χ0v) is 11.4. The van der Waals surface area contributed by atoms with E-state index in [2.05, 4.69) is 26.7 Å². The second-order valence-electron chi connectivity index (χ2n) is 4.33. The molecule has 0 atom stereocenters. The fourth-order valence-corrected chi connectivity index (χ4v) is 2.16. The molecule has 0 saturated carbocycles. The minimum Gasteiger partial charge on any atom is -0.339 e. The number of aryl methyl sites for hydroxylation is 1. The van der Waals surface area contributed by atoms with Gasteiger partial charge >= 0.3 is 0 Å². The van der Waals surface area contributed by atoms with Crippen LogP contribution >= 0.6 is 11.6 Å². The lowest BCUT2D eigenvalue weighted by molar-refractivity contribution is 1.10. The average Bonchev–Trinajstić information content (AvgIpc) is 2.87. The average molecular weight is 284 g/mol. The van der Waals surface area contributed by atoms with Gasteiger partial charge in [0.1, 0.15) is 17.5 Å². The minimum absolute atomic E-state index is 0.120. The van der Waals surface area contributed by atoms with Crippen molar-refractivity contribution in [2.24, 2.45) is 0 Å². The number of nitrogens with one attached hydrogen (secondary N) is 2. The quantitative estimate of drug-likeness (QED) is 0.621. The molecule has 0 fully saturated rings. The van der Waals surface area contributed by atoms with Crippen molar-refractivity contribution in [1.82, 2.24) is 9.97 Å². The molecule has 1 aliphatic rings. The Morgan fingerprint density at radius 1 is 1.25 bits per heavy atom. The molecule has 2 heterocycles. The zero-order chi connectivity index (χ0) is 14.1. The van der Waals surface area contributed by atoms with Crippen molar-refractivity contribution in [3.05, 3.63) is 52.8 Å². The molecule has 0 unspecified atom stereocenters. The lowest BCUT2D eigenvalue weighted by atomic mass is 10.1. The Balaban J connectivity index is 2.10. The minimum atomic E-state index is 0.120. The third-order valence-electron chi connectivity index (χ3n) is 2.99. The summed E-state index contributed by atoms with van der Waals surface area (Å²) in [6.07, 6.45) is 1.60. The maximum Gasteiger partial charge on any atom is 0.222 e. The summed E-state index contributed by atoms with van der Waals surface area (Å²) in [6.45, 7) is 1.84. The van der Waals surface area contributed by atoms with Crippen LogP contribution in [0.3, 0.4) is 0 Å². The second-order valence-corrected chi connectivity index (χ2v) is 4.67. The van der Waals surface area contributed by atoms with E-state index in [1.165, 1.54) is 0 Å². The number of nitriles is 1. The number of aromatic nitrogens is 2. The van der Waals surface area contributed by atoms with Gasteiger partial charge in [-0.05, 0) is 36.2 Å². The van der Waals surface area contributed by atoms with E-state index < -0.39 is 0 Å². The summed E-state index contributed by atoms with van der Waals surface area (Å²) in [7, 11) is 0. The van der Waals surface area contributed by atoms with Crippen molar-refractivity contribution in [2.75, 3.05) is 10.6 Å². The molecular weight excluding hydrogens is 274 g/mol. The molecular formula is C14H10ClN5. The Morgan fingerprint density at radius 2 is 1.90 bits per heavy atom. The predicted molar refractivity (Wildman–Crippen MR) is 78.0 cm³/mol. The molecule has 0 spiro atoms. The first-order chi connectivity index (χ1) is 9.69. The third kappa shape index (κ3) is 2.06. The van der Waals surface area contributed by atoms with Crippen LogP contribution in [0, 0.1) is 18.3 Å². The molecule has 6 heteroatoms. The highest BCUT2D eigenvalue weighted by Crippen LogP contribution is 2.33. The molecule has 1 aliphatic heterocycles. The van der Waals surface area contributed by atoms with Gasteiger partial charge in [-0.15, -0.1) is 0 Å². The molecule has 98 valence electrons. The molecule has 20 heavy (non-hydrogen) atoms. The number of rotatable bonds is 1. The molecule has 5 nitrogen and oxygen atoms in total. The highest BCUT2D eigenvalue weighted by molar-refractivity contribution is 6.28. The highest BCUT2D eigenvalue weighted by Gasteiger charge is 2.20. The Bertz CT molecular complexity index is 733. The van der Waals surface area contributed by atoms with E-state index in [0.29, 0.717) is 17.1 Å². The van der Waals surface area contributed by atoms with Crippen LogP contribution < -0.4 is 10.6 Å². The van der Waals surface area contributed by atoms with E-state index in [1.807, 2.05) is 31.2 Å². The maximum absolute atomic E-state index is 9.44. The number of anilines is 2. The Morgan fingerprint density at radius 3 is 2.50 bits per heavy atom. The molecule has 0 saturated heterocycles. The van der Waals surface area contributed by atoms with Gasteiger partial charge in [0.25, 0.3) is 0 Å². The van der Waals surface area contributed by atoms with E-state index in [9.17, 15) is 5.26 Å². The Kier molecular flexibility index (Phi) is 3.01. The second kappa shape index (κ2) is 4.83. The van der Waals surface area contributed by atoms with Gasteiger partial charge in [0.2, 0.25) is 5.28 Å². The predicted octanol–water partition coefficient (Wildman–Crippen LogP) is 3.17. The molecule has 2 aromatic rings. The van der Waals surface area contributed by atoms with Crippen LogP contribution in [0.1, 0.15) is 11.3 Å². The monoisotopic (exact) mass is 283 g/mol. The summed E-state index contributed by atoms with van der Waals surface area (Å²) in [6, 6.07) is 9.89. The molecule has 1 aromatic heterocycles. The summed E-state index contributed by atoms with van der Waals surface area (Å²) in [5.74, 6) is 0.603. The van der Waals surface area contributed by atoms with E-state index in [0.717, 1.165) is 16.9 Å². The first-order valence-electron chi connectivity index (χ1n) is 5.96. The van der Waals surface area contributed by atoms with E-state index >= 15 is 0 Å². The number of halogens is 1. The molecule has 1 aromatic carbocycles. The summed E-state index contributed by atoms with van der Waals surface area (Å²) >= 11 is 5.82. The van der Waals surface area contributed by atoms with Gasteiger partial charge in [-0.25, -0.2) is 9.97 Å². The fraction of sp³-hybridized carbons (Fsp3) is 0.0714. The maximum atomic E-state index is 9.44. The molecule has 0 radical (unpaired) electrons. The lowest BCUT2D eigenvalue weighted by Gasteiger charge is -2.07. The standard InChI is InChI=1S/C14H10ClN5/c1-8-7-17-14(15)20-12(8)9(6-16)13-18-10-4-2-3-5-11(10)19-13/h2-5,7,18-19H,1H3. The Hall–Kier alpha value is -2.58. The number of nitrogens with zero attached hydrogens (tertiary/aromatic N) is 3. The Labute approximate surface area is 120 Å². The van der Waals surface area contributed by atoms with Crippen LogP contribution in [0.2, 0.25) is 5.28 Å². The van der Waals surface area contributed by atoms with Gasteiger partial charge in [0.05, 0.1) is 17.1 Å². The van der Waals surface area contributed by atoms with E-state index in [4.69, 9.17) is 11.6 Å². The van der Waals surface area contributed by atoms with Crippen molar-refractivity contribution in [2.45, 2.75) is 6.92 Å². The summed E-state index contributed by atoms with van der Waals surface area (Å²) in [5.41, 5.74) is 3.57. The van der Waals surface area contributed by atoms with Crippen LogP contribution in [0.15, 0.2) is 36.3 Å². The van der Waals surface area contributed by atoms with Gasteiger partial charge in [-0.3, -0.25) is 0 Å². The van der Waals surface area contributed by atoms with Crippen molar-refractivity contribution < 1.29 is 0 Å². The summed E-state index contributed by atoms with van der Waals surface area (Å²) in [4.78, 5) is 8.05. The van der Waals surface area contributed by atoms with Crippen LogP contribution in [0.5, 0.6) is 0 Å². The first kappa shape index (κ1) is 12.5. The van der Waals surface area contributed by atoms with Crippen molar-refractivity contribution >= 4 is 28.5 Å². The number of hydrogen-bond donors (Lipinski definition) is 2. The first-order valence-corrected chi connectivity index (χ1v) is 6.34. The zero-order valence-electron chi connectivity index (χ0n) is 10.6. The molecule has 0 amide bonds. The van der Waals surface area contributed by atoms with Gasteiger partial charge in [0.15, 0.2) is 0 Å². The molecule has 0 bridgehead atoms. The SMILES string of the molecule is Cc1cnc(Cl)nc1C(C#N)=C1Nc2ccccc2N1. The van der Waals surface area contributed by atoms with Crippen LogP contribution in [0.25, 0.3) is 5.57 Å². The van der Waals surface area contributed by atoms with Crippen molar-refractivity contribution in [3.8, 4) is 6.07 Å². The number of fused-ring (bicyclic) bond motifs is 1.